The van der Waals surface area contributed by atoms with Crippen LogP contribution in [0.1, 0.15) is 35.5 Å². The molecule has 0 spiro atoms. The monoisotopic (exact) mass is 434 g/mol. The highest BCUT2D eigenvalue weighted by molar-refractivity contribution is 6.05. The van der Waals surface area contributed by atoms with Gasteiger partial charge in [-0.1, -0.05) is 0 Å². The average molecular weight is 434 g/mol. The van der Waals surface area contributed by atoms with Gasteiger partial charge in [0.2, 0.25) is 0 Å². The van der Waals surface area contributed by atoms with Gasteiger partial charge in [0.25, 0.3) is 5.91 Å². The molecule has 0 bridgehead atoms. The average Bonchev–Trinajstić information content (AvgIpc) is 3.11. The summed E-state index contributed by atoms with van der Waals surface area (Å²) in [7, 11) is 0. The second-order valence-corrected chi connectivity index (χ2v) is 6.44. The number of rotatable bonds is 7. The Balaban J connectivity index is 1.81. The molecule has 0 saturated heterocycles. The maximum absolute atomic E-state index is 12.7. The van der Waals surface area contributed by atoms with Crippen molar-refractivity contribution in [2.75, 3.05) is 18.5 Å². The van der Waals surface area contributed by atoms with Crippen LogP contribution < -0.4 is 14.8 Å². The van der Waals surface area contributed by atoms with Gasteiger partial charge in [-0.15, -0.1) is 0 Å². The molecule has 0 unspecified atom stereocenters. The Bertz CT molecular complexity index is 1060. The van der Waals surface area contributed by atoms with E-state index in [4.69, 9.17) is 9.47 Å². The minimum Gasteiger partial charge on any atom is -0.490 e. The first kappa shape index (κ1) is 22.1. The lowest BCUT2D eigenvalue weighted by molar-refractivity contribution is -0.137. The fraction of sp³-hybridized carbons (Fsp3) is 0.286. The van der Waals surface area contributed by atoms with Crippen LogP contribution in [0.5, 0.6) is 11.5 Å². The van der Waals surface area contributed by atoms with Crippen LogP contribution in [0, 0.1) is 6.92 Å². The number of nitrogens with zero attached hydrogens (tertiary/aromatic N) is 3. The van der Waals surface area contributed by atoms with Gasteiger partial charge >= 0.3 is 6.18 Å². The van der Waals surface area contributed by atoms with E-state index in [1.165, 1.54) is 16.9 Å². The fourth-order valence-electron chi connectivity index (χ4n) is 2.87. The first-order valence-corrected chi connectivity index (χ1v) is 9.53. The van der Waals surface area contributed by atoms with Crippen molar-refractivity contribution >= 4 is 11.6 Å². The number of carbonyl (C=O) groups is 1. The Labute approximate surface area is 176 Å². The lowest BCUT2D eigenvalue weighted by Gasteiger charge is -2.13. The van der Waals surface area contributed by atoms with Gasteiger partial charge in [-0.25, -0.2) is 9.67 Å². The van der Waals surface area contributed by atoms with E-state index in [9.17, 15) is 18.0 Å². The first-order valence-electron chi connectivity index (χ1n) is 9.53. The van der Waals surface area contributed by atoms with Crippen molar-refractivity contribution in [2.45, 2.75) is 26.9 Å². The Morgan fingerprint density at radius 3 is 2.39 bits per heavy atom. The molecule has 0 saturated carbocycles. The number of hydrogen-bond donors (Lipinski definition) is 1. The quantitative estimate of drug-likeness (QED) is 0.586. The number of hydrogen-bond acceptors (Lipinski definition) is 5. The number of alkyl halides is 3. The second-order valence-electron chi connectivity index (χ2n) is 6.44. The molecule has 7 nitrogen and oxygen atoms in total. The van der Waals surface area contributed by atoms with Crippen LogP contribution in [0.3, 0.4) is 0 Å². The summed E-state index contributed by atoms with van der Waals surface area (Å²) in [6, 6.07) is 7.16. The Morgan fingerprint density at radius 1 is 1.06 bits per heavy atom. The molecule has 3 aromatic rings. The van der Waals surface area contributed by atoms with Gasteiger partial charge in [-0.2, -0.15) is 18.3 Å². The fourth-order valence-corrected chi connectivity index (χ4v) is 2.87. The first-order chi connectivity index (χ1) is 14.7. The van der Waals surface area contributed by atoms with Crippen molar-refractivity contribution in [3.05, 3.63) is 59.5 Å². The van der Waals surface area contributed by atoms with Gasteiger partial charge in [0.15, 0.2) is 17.3 Å². The molecule has 0 aliphatic carbocycles. The van der Waals surface area contributed by atoms with E-state index in [1.54, 1.807) is 25.1 Å². The number of nitrogens with one attached hydrogen (secondary N) is 1. The van der Waals surface area contributed by atoms with Crippen LogP contribution in [-0.2, 0) is 6.18 Å². The zero-order valence-electron chi connectivity index (χ0n) is 17.2. The number of carbonyl (C=O) groups excluding carboxylic acids is 1. The summed E-state index contributed by atoms with van der Waals surface area (Å²) >= 11 is 0. The van der Waals surface area contributed by atoms with Crippen LogP contribution in [0.25, 0.3) is 5.82 Å². The largest absolute Gasteiger partial charge is 0.490 e. The summed E-state index contributed by atoms with van der Waals surface area (Å²) in [5, 5.41) is 6.86. The van der Waals surface area contributed by atoms with Crippen LogP contribution in [0.4, 0.5) is 18.9 Å². The Morgan fingerprint density at radius 2 is 1.77 bits per heavy atom. The topological polar surface area (TPSA) is 78.3 Å². The summed E-state index contributed by atoms with van der Waals surface area (Å²) in [5.74, 6) is 0.815. The summed E-state index contributed by atoms with van der Waals surface area (Å²) < 4.78 is 50.6. The van der Waals surface area contributed by atoms with Gasteiger partial charge in [0.1, 0.15) is 0 Å². The van der Waals surface area contributed by atoms with Gasteiger partial charge in [0.05, 0.1) is 36.2 Å². The molecule has 10 heteroatoms. The molecule has 0 fully saturated rings. The van der Waals surface area contributed by atoms with Gasteiger partial charge < -0.3 is 14.8 Å². The number of benzene rings is 1. The number of halogens is 3. The predicted molar refractivity (Wildman–Crippen MR) is 108 cm³/mol. The maximum Gasteiger partial charge on any atom is 0.417 e. The number of aromatic nitrogens is 3. The van der Waals surface area contributed by atoms with E-state index in [2.05, 4.69) is 15.4 Å². The third-order valence-electron chi connectivity index (χ3n) is 4.35. The molecule has 0 aliphatic heterocycles. The zero-order valence-corrected chi connectivity index (χ0v) is 17.2. The highest BCUT2D eigenvalue weighted by Gasteiger charge is 2.30. The van der Waals surface area contributed by atoms with E-state index < -0.39 is 17.6 Å². The van der Waals surface area contributed by atoms with E-state index >= 15 is 0 Å². The maximum atomic E-state index is 12.7. The molecule has 3 rings (SSSR count). The molecule has 1 aromatic carbocycles. The summed E-state index contributed by atoms with van der Waals surface area (Å²) in [6.07, 6.45) is -2.42. The SMILES string of the molecule is CCOc1ccc(NC(=O)c2cnn(-c3ccc(C(F)(F)F)cn3)c2C)cc1OCC. The molecule has 1 amide bonds. The van der Waals surface area contributed by atoms with Crippen molar-refractivity contribution in [3.8, 4) is 17.3 Å². The molecule has 2 aromatic heterocycles. The molecule has 164 valence electrons. The summed E-state index contributed by atoms with van der Waals surface area (Å²) in [6.45, 7) is 6.24. The smallest absolute Gasteiger partial charge is 0.417 e. The van der Waals surface area contributed by atoms with Crippen LogP contribution in [-0.4, -0.2) is 33.9 Å². The summed E-state index contributed by atoms with van der Waals surface area (Å²) in [5.41, 5.74) is 0.325. The van der Waals surface area contributed by atoms with Crippen LogP contribution >= 0.6 is 0 Å². The second kappa shape index (κ2) is 9.07. The van der Waals surface area contributed by atoms with Crippen molar-refractivity contribution < 1.29 is 27.4 Å². The van der Waals surface area contributed by atoms with Gasteiger partial charge in [-0.05, 0) is 45.0 Å². The lowest BCUT2D eigenvalue weighted by Crippen LogP contribution is -2.13. The van der Waals surface area contributed by atoms with E-state index in [0.29, 0.717) is 36.1 Å². The van der Waals surface area contributed by atoms with Crippen LogP contribution in [0.15, 0.2) is 42.7 Å². The molecule has 2 heterocycles. The standard InChI is InChI=1S/C21H21F3N4O3/c1-4-30-17-8-7-15(10-18(17)31-5-2)27-20(29)16-12-26-28(13(16)3)19-9-6-14(11-25-19)21(22,23)24/h6-12H,4-5H2,1-3H3,(H,27,29). The van der Waals surface area contributed by atoms with Crippen molar-refractivity contribution in [1.29, 1.82) is 0 Å². The van der Waals surface area contributed by atoms with Crippen LogP contribution in [0.2, 0.25) is 0 Å². The summed E-state index contributed by atoms with van der Waals surface area (Å²) in [4.78, 5) is 16.5. The highest BCUT2D eigenvalue weighted by Crippen LogP contribution is 2.31. The predicted octanol–water partition coefficient (Wildman–Crippen LogP) is 4.64. The Kier molecular flexibility index (Phi) is 6.47. The van der Waals surface area contributed by atoms with E-state index in [1.807, 2.05) is 13.8 Å². The molecule has 31 heavy (non-hydrogen) atoms. The minimum absolute atomic E-state index is 0.171. The van der Waals surface area contributed by atoms with E-state index in [0.717, 1.165) is 12.3 Å². The molecular weight excluding hydrogens is 413 g/mol. The van der Waals surface area contributed by atoms with Crippen molar-refractivity contribution in [1.82, 2.24) is 14.8 Å². The highest BCUT2D eigenvalue weighted by atomic mass is 19.4. The lowest BCUT2D eigenvalue weighted by atomic mass is 10.2. The Hall–Kier alpha value is -3.56. The molecule has 0 radical (unpaired) electrons. The van der Waals surface area contributed by atoms with E-state index in [-0.39, 0.29) is 11.4 Å². The number of pyridine rings is 1. The molecular formula is C21H21F3N4O3. The molecule has 0 atom stereocenters. The number of ether oxygens (including phenoxy) is 2. The van der Waals surface area contributed by atoms with Crippen molar-refractivity contribution in [2.24, 2.45) is 0 Å². The zero-order chi connectivity index (χ0) is 22.6. The minimum atomic E-state index is -4.48. The third-order valence-corrected chi connectivity index (χ3v) is 4.35. The molecule has 0 aliphatic rings. The molecule has 1 N–H and O–H groups in total. The van der Waals surface area contributed by atoms with Gasteiger partial charge in [-0.3, -0.25) is 4.79 Å². The number of amides is 1. The third kappa shape index (κ3) is 4.96. The van der Waals surface area contributed by atoms with Gasteiger partial charge in [0, 0.05) is 18.0 Å². The van der Waals surface area contributed by atoms with Crippen molar-refractivity contribution in [3.63, 3.8) is 0 Å². The normalized spacial score (nSPS) is 11.3. The number of anilines is 1.